The summed E-state index contributed by atoms with van der Waals surface area (Å²) in [7, 11) is 0. The van der Waals surface area contributed by atoms with E-state index in [2.05, 4.69) is 32.0 Å². The van der Waals surface area contributed by atoms with Gasteiger partial charge in [-0.2, -0.15) is 0 Å². The second-order valence-electron chi connectivity index (χ2n) is 3.38. The molecule has 0 fully saturated rings. The lowest BCUT2D eigenvalue weighted by Crippen LogP contribution is -1.77. The lowest BCUT2D eigenvalue weighted by Gasteiger charge is -1.97. The molecule has 0 unspecified atom stereocenters. The van der Waals surface area contributed by atoms with Gasteiger partial charge in [-0.05, 0) is 28.1 Å². The van der Waals surface area contributed by atoms with Gasteiger partial charge in [0.1, 0.15) is 5.65 Å². The van der Waals surface area contributed by atoms with Crippen molar-refractivity contribution in [2.75, 3.05) is 0 Å². The Bertz CT molecular complexity index is 706. The first-order valence-corrected chi connectivity index (χ1v) is 6.04. The fourth-order valence-electron chi connectivity index (χ4n) is 1.70. The molecule has 0 amide bonds. The number of aromatic nitrogens is 2. The van der Waals surface area contributed by atoms with Crippen molar-refractivity contribution in [2.24, 2.45) is 0 Å². The molecule has 1 aromatic carbocycles. The molecule has 0 atom stereocenters. The summed E-state index contributed by atoms with van der Waals surface area (Å²) in [6.45, 7) is 0. The van der Waals surface area contributed by atoms with Gasteiger partial charge in [0.25, 0.3) is 0 Å². The number of hydrogen-bond donors (Lipinski definition) is 1. The molecule has 16 heavy (non-hydrogen) atoms. The number of rotatable bonds is 0. The third-order valence-corrected chi connectivity index (χ3v) is 3.83. The number of H-pyrrole nitrogens is 1. The largest absolute Gasteiger partial charge is 0.339 e. The van der Waals surface area contributed by atoms with E-state index in [1.807, 2.05) is 6.07 Å². The average Bonchev–Trinajstić information content (AvgIpc) is 2.62. The first-order chi connectivity index (χ1) is 7.66. The van der Waals surface area contributed by atoms with E-state index in [0.29, 0.717) is 10.0 Å². The van der Waals surface area contributed by atoms with Gasteiger partial charge in [0, 0.05) is 28.1 Å². The predicted octanol–water partition coefficient (Wildman–Crippen LogP) is 4.59. The van der Waals surface area contributed by atoms with Gasteiger partial charge >= 0.3 is 0 Å². The molecule has 0 aliphatic heterocycles. The van der Waals surface area contributed by atoms with Gasteiger partial charge in [0.2, 0.25) is 0 Å². The van der Waals surface area contributed by atoms with Crippen LogP contribution in [0.5, 0.6) is 0 Å². The van der Waals surface area contributed by atoms with Crippen LogP contribution < -0.4 is 0 Å². The van der Waals surface area contributed by atoms with Crippen molar-refractivity contribution in [3.05, 3.63) is 38.9 Å². The number of aromatic amines is 1. The van der Waals surface area contributed by atoms with Gasteiger partial charge in [-0.1, -0.05) is 23.2 Å². The van der Waals surface area contributed by atoms with Crippen molar-refractivity contribution in [1.29, 1.82) is 0 Å². The molecule has 2 aromatic heterocycles. The van der Waals surface area contributed by atoms with E-state index in [1.54, 1.807) is 12.3 Å². The SMILES string of the molecule is Clc1c[c]c2[nH]c3ncc(Br)c(Cl)c3c2c1. The molecule has 0 spiro atoms. The molecule has 0 aliphatic rings. The van der Waals surface area contributed by atoms with E-state index in [9.17, 15) is 0 Å². The molecular formula is C11H4BrCl2N2. The van der Waals surface area contributed by atoms with E-state index in [1.165, 1.54) is 0 Å². The summed E-state index contributed by atoms with van der Waals surface area (Å²) >= 11 is 15.5. The van der Waals surface area contributed by atoms with Crippen molar-refractivity contribution in [1.82, 2.24) is 9.97 Å². The number of pyridine rings is 1. The van der Waals surface area contributed by atoms with E-state index >= 15 is 0 Å². The third kappa shape index (κ3) is 1.43. The molecule has 3 rings (SSSR count). The normalized spacial score (nSPS) is 11.4. The summed E-state index contributed by atoms with van der Waals surface area (Å²) in [6.07, 6.45) is 1.67. The molecule has 0 saturated carbocycles. The zero-order valence-electron chi connectivity index (χ0n) is 7.81. The van der Waals surface area contributed by atoms with Gasteiger partial charge in [0.05, 0.1) is 15.0 Å². The molecule has 0 saturated heterocycles. The van der Waals surface area contributed by atoms with E-state index in [0.717, 1.165) is 26.4 Å². The van der Waals surface area contributed by atoms with Gasteiger partial charge in [-0.15, -0.1) is 0 Å². The van der Waals surface area contributed by atoms with Crippen LogP contribution >= 0.6 is 39.1 Å². The number of benzene rings is 1. The molecule has 1 N–H and O–H groups in total. The van der Waals surface area contributed by atoms with Crippen molar-refractivity contribution in [3.63, 3.8) is 0 Å². The maximum absolute atomic E-state index is 6.23. The van der Waals surface area contributed by atoms with Gasteiger partial charge in [0.15, 0.2) is 0 Å². The van der Waals surface area contributed by atoms with Crippen LogP contribution in [0.25, 0.3) is 21.9 Å². The van der Waals surface area contributed by atoms with Crippen LogP contribution in [-0.4, -0.2) is 9.97 Å². The van der Waals surface area contributed by atoms with Crippen LogP contribution in [0.1, 0.15) is 0 Å². The Morgan fingerprint density at radius 2 is 2.19 bits per heavy atom. The monoisotopic (exact) mass is 313 g/mol. The summed E-state index contributed by atoms with van der Waals surface area (Å²) < 4.78 is 0.766. The lowest BCUT2D eigenvalue weighted by atomic mass is 10.2. The highest BCUT2D eigenvalue weighted by Crippen LogP contribution is 2.35. The van der Waals surface area contributed by atoms with Gasteiger partial charge in [-0.3, -0.25) is 0 Å². The second-order valence-corrected chi connectivity index (χ2v) is 5.04. The number of fused-ring (bicyclic) bond motifs is 3. The van der Waals surface area contributed by atoms with Gasteiger partial charge < -0.3 is 4.98 Å². The highest BCUT2D eigenvalue weighted by atomic mass is 79.9. The summed E-state index contributed by atoms with van der Waals surface area (Å²) in [5, 5.41) is 3.06. The van der Waals surface area contributed by atoms with Crippen LogP contribution in [0.3, 0.4) is 0 Å². The molecular weight excluding hydrogens is 311 g/mol. The predicted molar refractivity (Wildman–Crippen MR) is 70.2 cm³/mol. The van der Waals surface area contributed by atoms with Gasteiger partial charge in [-0.25, -0.2) is 4.98 Å². The zero-order valence-corrected chi connectivity index (χ0v) is 10.9. The Balaban J connectivity index is 2.60. The highest BCUT2D eigenvalue weighted by Gasteiger charge is 2.11. The standard InChI is InChI=1S/C11H4BrCl2N2/c12-7-4-15-11-9(10(7)14)6-3-5(13)1-2-8(6)16-11/h1,3-4H,(H,15,16). The fourth-order valence-corrected chi connectivity index (χ4v) is 2.40. The maximum atomic E-state index is 6.23. The molecule has 0 bridgehead atoms. The molecule has 79 valence electrons. The summed E-state index contributed by atoms with van der Waals surface area (Å²) in [5.41, 5.74) is 1.59. The van der Waals surface area contributed by atoms with Crippen LogP contribution in [0, 0.1) is 6.07 Å². The molecule has 3 aromatic rings. The Hall–Kier alpha value is -0.770. The number of halogens is 3. The van der Waals surface area contributed by atoms with Crippen molar-refractivity contribution < 1.29 is 0 Å². The summed E-state index contributed by atoms with van der Waals surface area (Å²) in [6, 6.07) is 6.62. The van der Waals surface area contributed by atoms with Crippen molar-refractivity contribution in [3.8, 4) is 0 Å². The van der Waals surface area contributed by atoms with Crippen LogP contribution in [0.2, 0.25) is 10.0 Å². The first kappa shape index (κ1) is 10.4. The number of nitrogens with zero attached hydrogens (tertiary/aromatic N) is 1. The molecule has 2 nitrogen and oxygen atoms in total. The zero-order chi connectivity index (χ0) is 11.3. The number of nitrogens with one attached hydrogen (secondary N) is 1. The molecule has 5 heteroatoms. The highest BCUT2D eigenvalue weighted by molar-refractivity contribution is 9.10. The second kappa shape index (κ2) is 3.62. The Labute approximate surface area is 110 Å². The van der Waals surface area contributed by atoms with E-state index < -0.39 is 0 Å². The Kier molecular flexibility index (Phi) is 2.35. The topological polar surface area (TPSA) is 28.7 Å². The maximum Gasteiger partial charge on any atom is 0.139 e. The third-order valence-electron chi connectivity index (χ3n) is 2.39. The number of hydrogen-bond acceptors (Lipinski definition) is 1. The average molecular weight is 315 g/mol. The van der Waals surface area contributed by atoms with Crippen LogP contribution in [0.4, 0.5) is 0 Å². The van der Waals surface area contributed by atoms with Crippen LogP contribution in [0.15, 0.2) is 22.8 Å². The quantitative estimate of drug-likeness (QED) is 0.646. The van der Waals surface area contributed by atoms with E-state index in [-0.39, 0.29) is 0 Å². The first-order valence-electron chi connectivity index (χ1n) is 4.49. The Morgan fingerprint density at radius 1 is 1.38 bits per heavy atom. The molecule has 0 aliphatic carbocycles. The minimum Gasteiger partial charge on any atom is -0.339 e. The summed E-state index contributed by atoms with van der Waals surface area (Å²) in [4.78, 5) is 7.40. The molecule has 1 radical (unpaired) electrons. The van der Waals surface area contributed by atoms with Crippen molar-refractivity contribution in [2.45, 2.75) is 0 Å². The molecule has 2 heterocycles. The Morgan fingerprint density at radius 3 is 3.00 bits per heavy atom. The minimum atomic E-state index is 0.629. The summed E-state index contributed by atoms with van der Waals surface area (Å²) in [5.74, 6) is 0. The van der Waals surface area contributed by atoms with E-state index in [4.69, 9.17) is 23.2 Å². The van der Waals surface area contributed by atoms with Crippen molar-refractivity contribution >= 4 is 61.1 Å². The fraction of sp³-hybridized carbons (Fsp3) is 0. The minimum absolute atomic E-state index is 0.629. The van der Waals surface area contributed by atoms with Crippen LogP contribution in [-0.2, 0) is 0 Å². The lowest BCUT2D eigenvalue weighted by molar-refractivity contribution is 1.33. The smallest absolute Gasteiger partial charge is 0.139 e.